The Labute approximate surface area is 177 Å². The number of amides is 1. The topological polar surface area (TPSA) is 40.5 Å². The maximum Gasteiger partial charge on any atom is 0.228 e. The summed E-state index contributed by atoms with van der Waals surface area (Å²) in [5, 5.41) is 10.6. The first-order valence-corrected chi connectivity index (χ1v) is 10.4. The van der Waals surface area contributed by atoms with Gasteiger partial charge in [0.1, 0.15) is 5.82 Å². The van der Waals surface area contributed by atoms with Crippen molar-refractivity contribution < 1.29 is 14.3 Å². The molecule has 0 unspecified atom stereocenters. The average Bonchev–Trinajstić information content (AvgIpc) is 2.72. The minimum atomic E-state index is -0.678. The second kappa shape index (κ2) is 8.47. The minimum absolute atomic E-state index is 0.138. The number of aliphatic hydroxyl groups is 1. The minimum Gasteiger partial charge on any atom is -0.388 e. The molecule has 0 saturated carbocycles. The molecule has 1 N–H and O–H groups in total. The maximum atomic E-state index is 13.1. The van der Waals surface area contributed by atoms with E-state index in [1.165, 1.54) is 12.1 Å². The summed E-state index contributed by atoms with van der Waals surface area (Å²) in [6.45, 7) is 0.744. The fourth-order valence-corrected chi connectivity index (χ4v) is 3.86. The van der Waals surface area contributed by atoms with Gasteiger partial charge in [-0.3, -0.25) is 4.79 Å². The number of rotatable bonds is 6. The van der Waals surface area contributed by atoms with Crippen molar-refractivity contribution in [3.63, 3.8) is 0 Å². The molecule has 3 nitrogen and oxygen atoms in total. The Morgan fingerprint density at radius 2 is 1.76 bits per heavy atom. The van der Waals surface area contributed by atoms with Crippen LogP contribution in [0.4, 0.5) is 10.1 Å². The van der Waals surface area contributed by atoms with Gasteiger partial charge in [-0.05, 0) is 71.5 Å². The third-order valence-corrected chi connectivity index (χ3v) is 5.88. The van der Waals surface area contributed by atoms with Crippen LogP contribution in [0.1, 0.15) is 30.1 Å². The van der Waals surface area contributed by atoms with E-state index in [1.807, 2.05) is 42.5 Å². The van der Waals surface area contributed by atoms with Gasteiger partial charge in [0.25, 0.3) is 0 Å². The Morgan fingerprint density at radius 1 is 1.03 bits per heavy atom. The number of benzene rings is 3. The van der Waals surface area contributed by atoms with Crippen LogP contribution in [-0.4, -0.2) is 17.6 Å². The molecular formula is C24H21BrFNO2. The monoisotopic (exact) mass is 453 g/mol. The Balaban J connectivity index is 1.61. The average molecular weight is 454 g/mol. The first kappa shape index (κ1) is 19.8. The predicted octanol–water partition coefficient (Wildman–Crippen LogP) is 5.66. The lowest BCUT2D eigenvalue weighted by Gasteiger charge is -2.31. The van der Waals surface area contributed by atoms with E-state index in [-0.39, 0.29) is 11.7 Å². The molecule has 0 radical (unpaired) electrons. The highest BCUT2D eigenvalue weighted by Gasteiger charge is 2.25. The third-order valence-electron chi connectivity index (χ3n) is 5.35. The number of carbonyl (C=O) groups is 1. The zero-order valence-corrected chi connectivity index (χ0v) is 17.4. The zero-order valence-electron chi connectivity index (χ0n) is 15.8. The first-order chi connectivity index (χ1) is 14.0. The molecule has 5 heteroatoms. The largest absolute Gasteiger partial charge is 0.388 e. The summed E-state index contributed by atoms with van der Waals surface area (Å²) in [7, 11) is 0. The molecule has 1 aliphatic rings. The summed E-state index contributed by atoms with van der Waals surface area (Å²) in [4.78, 5) is 13.6. The van der Waals surface area contributed by atoms with Crippen molar-refractivity contribution in [2.45, 2.75) is 25.4 Å². The van der Waals surface area contributed by atoms with Gasteiger partial charge in [0.15, 0.2) is 0 Å². The summed E-state index contributed by atoms with van der Waals surface area (Å²) in [5.74, 6) is -0.177. The van der Waals surface area contributed by atoms with Crippen LogP contribution in [0.25, 0.3) is 11.1 Å². The van der Waals surface area contributed by atoms with Gasteiger partial charge in [0, 0.05) is 23.1 Å². The standard InChI is InChI=1S/C24H21BrFNO2/c25-19-6-1-16(2-7-19)22-11-10-21(27-14-13-24(27)29)15-18(22)5-12-23(28)17-3-8-20(26)9-4-17/h1-4,6-11,15,23,28H,5,12-14H2/t23-/m0/s1. The fraction of sp³-hybridized carbons (Fsp3) is 0.208. The fourth-order valence-electron chi connectivity index (χ4n) is 3.60. The quantitative estimate of drug-likeness (QED) is 0.489. The molecule has 1 aliphatic heterocycles. The second-order valence-electron chi connectivity index (χ2n) is 7.25. The number of carbonyl (C=O) groups excluding carboxylic acids is 1. The Bertz CT molecular complexity index is 1020. The van der Waals surface area contributed by atoms with E-state index >= 15 is 0 Å². The number of aliphatic hydroxyl groups excluding tert-OH is 1. The summed E-state index contributed by atoms with van der Waals surface area (Å²) < 4.78 is 14.2. The lowest BCUT2D eigenvalue weighted by molar-refractivity contribution is -0.122. The van der Waals surface area contributed by atoms with Crippen molar-refractivity contribution in [3.8, 4) is 11.1 Å². The van der Waals surface area contributed by atoms with Crippen LogP contribution >= 0.6 is 15.9 Å². The molecule has 1 amide bonds. The molecule has 1 fully saturated rings. The van der Waals surface area contributed by atoms with E-state index in [0.717, 1.165) is 33.4 Å². The van der Waals surface area contributed by atoms with Crippen LogP contribution < -0.4 is 4.90 Å². The number of anilines is 1. The molecule has 0 bridgehead atoms. The summed E-state index contributed by atoms with van der Waals surface area (Å²) in [6, 6.07) is 20.1. The van der Waals surface area contributed by atoms with Gasteiger partial charge in [-0.2, -0.15) is 0 Å². The van der Waals surface area contributed by atoms with Crippen LogP contribution in [0.2, 0.25) is 0 Å². The molecule has 3 aromatic rings. The van der Waals surface area contributed by atoms with E-state index in [4.69, 9.17) is 0 Å². The Kier molecular flexibility index (Phi) is 5.79. The molecule has 0 aliphatic carbocycles. The van der Waals surface area contributed by atoms with Crippen molar-refractivity contribution in [2.75, 3.05) is 11.4 Å². The van der Waals surface area contributed by atoms with E-state index < -0.39 is 6.10 Å². The number of β-lactam (4-membered cyclic amide) rings is 1. The van der Waals surface area contributed by atoms with Gasteiger partial charge in [-0.15, -0.1) is 0 Å². The van der Waals surface area contributed by atoms with Crippen LogP contribution in [0.15, 0.2) is 71.2 Å². The van der Waals surface area contributed by atoms with E-state index in [1.54, 1.807) is 17.0 Å². The summed E-state index contributed by atoms with van der Waals surface area (Å²) >= 11 is 3.47. The number of hydrogen-bond donors (Lipinski definition) is 1. The zero-order chi connectivity index (χ0) is 20.4. The van der Waals surface area contributed by atoms with E-state index in [9.17, 15) is 14.3 Å². The van der Waals surface area contributed by atoms with Crippen molar-refractivity contribution in [1.29, 1.82) is 0 Å². The van der Waals surface area contributed by atoms with Crippen molar-refractivity contribution in [1.82, 2.24) is 0 Å². The predicted molar refractivity (Wildman–Crippen MR) is 116 cm³/mol. The molecule has 1 heterocycles. The van der Waals surface area contributed by atoms with Crippen molar-refractivity contribution in [2.24, 2.45) is 0 Å². The molecule has 3 aromatic carbocycles. The van der Waals surface area contributed by atoms with Crippen LogP contribution in [-0.2, 0) is 11.2 Å². The Hall–Kier alpha value is -2.50. The molecule has 1 atom stereocenters. The van der Waals surface area contributed by atoms with Crippen LogP contribution in [0.3, 0.4) is 0 Å². The third kappa shape index (κ3) is 4.41. The molecule has 0 aromatic heterocycles. The Morgan fingerprint density at radius 3 is 2.38 bits per heavy atom. The summed E-state index contributed by atoms with van der Waals surface area (Å²) in [6.07, 6.45) is 1.06. The molecule has 0 spiro atoms. The van der Waals surface area contributed by atoms with Gasteiger partial charge >= 0.3 is 0 Å². The van der Waals surface area contributed by atoms with E-state index in [2.05, 4.69) is 15.9 Å². The van der Waals surface area contributed by atoms with Gasteiger partial charge in [0.05, 0.1) is 6.10 Å². The first-order valence-electron chi connectivity index (χ1n) is 9.64. The lowest BCUT2D eigenvalue weighted by Crippen LogP contribution is -2.43. The number of aryl methyl sites for hydroxylation is 1. The molecule has 29 heavy (non-hydrogen) atoms. The number of hydrogen-bond acceptors (Lipinski definition) is 2. The molecule has 4 rings (SSSR count). The number of nitrogens with zero attached hydrogens (tertiary/aromatic N) is 1. The SMILES string of the molecule is O=C1CCN1c1ccc(-c2ccc(Br)cc2)c(CC[C@H](O)c2ccc(F)cc2)c1. The smallest absolute Gasteiger partial charge is 0.228 e. The normalized spacial score (nSPS) is 14.6. The highest BCUT2D eigenvalue weighted by Crippen LogP contribution is 2.33. The highest BCUT2D eigenvalue weighted by molar-refractivity contribution is 9.10. The second-order valence-corrected chi connectivity index (χ2v) is 8.17. The molecular weight excluding hydrogens is 433 g/mol. The van der Waals surface area contributed by atoms with Crippen molar-refractivity contribution >= 4 is 27.5 Å². The van der Waals surface area contributed by atoms with E-state index in [0.29, 0.717) is 24.8 Å². The lowest BCUT2D eigenvalue weighted by atomic mass is 9.93. The van der Waals surface area contributed by atoms with Gasteiger partial charge in [-0.25, -0.2) is 4.39 Å². The highest BCUT2D eigenvalue weighted by atomic mass is 79.9. The maximum absolute atomic E-state index is 13.1. The van der Waals surface area contributed by atoms with Gasteiger partial charge in [0.2, 0.25) is 5.91 Å². The van der Waals surface area contributed by atoms with Crippen molar-refractivity contribution in [3.05, 3.63) is 88.1 Å². The summed E-state index contributed by atoms with van der Waals surface area (Å²) in [5.41, 5.74) is 4.84. The number of halogens is 2. The van der Waals surface area contributed by atoms with Gasteiger partial charge < -0.3 is 10.0 Å². The molecule has 148 valence electrons. The van der Waals surface area contributed by atoms with Crippen LogP contribution in [0, 0.1) is 5.82 Å². The van der Waals surface area contributed by atoms with Crippen LogP contribution in [0.5, 0.6) is 0 Å². The molecule has 1 saturated heterocycles. The van der Waals surface area contributed by atoms with Gasteiger partial charge in [-0.1, -0.05) is 46.3 Å².